The van der Waals surface area contributed by atoms with E-state index in [4.69, 9.17) is 0 Å². The van der Waals surface area contributed by atoms with E-state index in [0.29, 0.717) is 0 Å². The van der Waals surface area contributed by atoms with Crippen molar-refractivity contribution in [3.05, 3.63) is 29.8 Å². The van der Waals surface area contributed by atoms with Gasteiger partial charge in [0.1, 0.15) is 0 Å². The van der Waals surface area contributed by atoms with E-state index in [1.807, 2.05) is 19.1 Å². The third-order valence-electron chi connectivity index (χ3n) is 2.40. The van der Waals surface area contributed by atoms with E-state index in [9.17, 15) is 4.79 Å². The van der Waals surface area contributed by atoms with E-state index in [2.05, 4.69) is 40.3 Å². The molecule has 1 aromatic carbocycles. The molecular weight excluding hydrogens is 266 g/mol. The van der Waals surface area contributed by atoms with Gasteiger partial charge in [-0.15, -0.1) is 0 Å². The SMILES string of the molecule is CCCCc1ccc(NC(=O)C(C)Br)cc1. The number of unbranched alkanes of at least 4 members (excludes halogenated alkanes) is 1. The second-order valence-corrected chi connectivity index (χ2v) is 5.28. The van der Waals surface area contributed by atoms with Gasteiger partial charge in [-0.25, -0.2) is 0 Å². The van der Waals surface area contributed by atoms with Gasteiger partial charge < -0.3 is 5.32 Å². The Morgan fingerprint density at radius 3 is 2.50 bits per heavy atom. The zero-order valence-electron chi connectivity index (χ0n) is 9.79. The number of halogens is 1. The van der Waals surface area contributed by atoms with Crippen LogP contribution in [0.3, 0.4) is 0 Å². The number of carbonyl (C=O) groups is 1. The van der Waals surface area contributed by atoms with Crippen LogP contribution in [0, 0.1) is 0 Å². The largest absolute Gasteiger partial charge is 0.325 e. The van der Waals surface area contributed by atoms with Gasteiger partial charge in [0.05, 0.1) is 4.83 Å². The summed E-state index contributed by atoms with van der Waals surface area (Å²) in [5.41, 5.74) is 2.18. The van der Waals surface area contributed by atoms with Gasteiger partial charge in [-0.3, -0.25) is 4.79 Å². The Labute approximate surface area is 106 Å². The second-order valence-electron chi connectivity index (χ2n) is 3.91. The molecule has 0 radical (unpaired) electrons. The summed E-state index contributed by atoms with van der Waals surface area (Å²) in [7, 11) is 0. The molecule has 0 aliphatic carbocycles. The highest BCUT2D eigenvalue weighted by atomic mass is 79.9. The van der Waals surface area contributed by atoms with Crippen LogP contribution in [0.15, 0.2) is 24.3 Å². The highest BCUT2D eigenvalue weighted by Gasteiger charge is 2.07. The predicted octanol–water partition coefficient (Wildman–Crippen LogP) is 3.75. The third-order valence-corrected chi connectivity index (χ3v) is 2.82. The number of rotatable bonds is 5. The zero-order valence-corrected chi connectivity index (χ0v) is 11.4. The highest BCUT2D eigenvalue weighted by molar-refractivity contribution is 9.10. The lowest BCUT2D eigenvalue weighted by molar-refractivity contribution is -0.115. The van der Waals surface area contributed by atoms with Crippen LogP contribution in [0.25, 0.3) is 0 Å². The molecule has 0 aliphatic heterocycles. The maximum Gasteiger partial charge on any atom is 0.237 e. The van der Waals surface area contributed by atoms with E-state index in [-0.39, 0.29) is 10.7 Å². The minimum atomic E-state index is -0.160. The van der Waals surface area contributed by atoms with E-state index in [1.165, 1.54) is 18.4 Å². The van der Waals surface area contributed by atoms with Crippen molar-refractivity contribution in [1.82, 2.24) is 0 Å². The fourth-order valence-electron chi connectivity index (χ4n) is 1.38. The molecule has 1 N–H and O–H groups in total. The summed E-state index contributed by atoms with van der Waals surface area (Å²) in [5, 5.41) is 2.84. The molecule has 3 heteroatoms. The number of hydrogen-bond acceptors (Lipinski definition) is 1. The summed E-state index contributed by atoms with van der Waals surface area (Å²) in [6.45, 7) is 4.00. The summed E-state index contributed by atoms with van der Waals surface area (Å²) in [4.78, 5) is 11.3. The van der Waals surface area contributed by atoms with Crippen molar-refractivity contribution >= 4 is 27.5 Å². The summed E-state index contributed by atoms with van der Waals surface area (Å²) in [6.07, 6.45) is 3.53. The highest BCUT2D eigenvalue weighted by Crippen LogP contribution is 2.13. The maximum atomic E-state index is 11.4. The van der Waals surface area contributed by atoms with Gasteiger partial charge in [-0.2, -0.15) is 0 Å². The maximum absolute atomic E-state index is 11.4. The first kappa shape index (κ1) is 13.2. The van der Waals surface area contributed by atoms with Crippen molar-refractivity contribution in [3.8, 4) is 0 Å². The van der Waals surface area contributed by atoms with E-state index in [0.717, 1.165) is 12.1 Å². The Morgan fingerprint density at radius 2 is 2.00 bits per heavy atom. The molecule has 88 valence electrons. The van der Waals surface area contributed by atoms with Gasteiger partial charge >= 0.3 is 0 Å². The average molecular weight is 284 g/mol. The van der Waals surface area contributed by atoms with Crippen molar-refractivity contribution in [2.45, 2.75) is 37.9 Å². The molecule has 0 spiro atoms. The first-order chi connectivity index (χ1) is 7.63. The number of carbonyl (C=O) groups excluding carboxylic acids is 1. The van der Waals surface area contributed by atoms with Gasteiger partial charge in [-0.1, -0.05) is 41.4 Å². The van der Waals surface area contributed by atoms with E-state index in [1.54, 1.807) is 0 Å². The fourth-order valence-corrected chi connectivity index (χ4v) is 1.49. The van der Waals surface area contributed by atoms with E-state index >= 15 is 0 Å². The molecule has 0 saturated heterocycles. The van der Waals surface area contributed by atoms with Crippen molar-refractivity contribution in [1.29, 1.82) is 0 Å². The Balaban J connectivity index is 2.54. The van der Waals surface area contributed by atoms with Crippen molar-refractivity contribution < 1.29 is 4.79 Å². The number of anilines is 1. The van der Waals surface area contributed by atoms with Crippen LogP contribution in [-0.4, -0.2) is 10.7 Å². The molecule has 2 nitrogen and oxygen atoms in total. The quantitative estimate of drug-likeness (QED) is 0.820. The molecule has 1 unspecified atom stereocenters. The molecule has 1 atom stereocenters. The van der Waals surface area contributed by atoms with Crippen molar-refractivity contribution in [2.75, 3.05) is 5.32 Å². The van der Waals surface area contributed by atoms with Crippen LogP contribution in [0.5, 0.6) is 0 Å². The fraction of sp³-hybridized carbons (Fsp3) is 0.462. The van der Waals surface area contributed by atoms with Crippen LogP contribution >= 0.6 is 15.9 Å². The van der Waals surface area contributed by atoms with Crippen LogP contribution in [0.1, 0.15) is 32.3 Å². The third kappa shape index (κ3) is 4.35. The standard InChI is InChI=1S/C13H18BrNO/c1-3-4-5-11-6-8-12(9-7-11)15-13(16)10(2)14/h6-10H,3-5H2,1-2H3,(H,15,16). The summed E-state index contributed by atoms with van der Waals surface area (Å²) >= 11 is 3.23. The van der Waals surface area contributed by atoms with Crippen LogP contribution < -0.4 is 5.32 Å². The molecule has 1 amide bonds. The number of nitrogens with one attached hydrogen (secondary N) is 1. The van der Waals surface area contributed by atoms with Crippen molar-refractivity contribution in [3.63, 3.8) is 0 Å². The number of aryl methyl sites for hydroxylation is 1. The molecule has 0 aliphatic rings. The van der Waals surface area contributed by atoms with Gasteiger partial charge in [0.25, 0.3) is 0 Å². The predicted molar refractivity (Wildman–Crippen MR) is 72.1 cm³/mol. The van der Waals surface area contributed by atoms with Crippen molar-refractivity contribution in [2.24, 2.45) is 0 Å². The molecule has 0 aromatic heterocycles. The van der Waals surface area contributed by atoms with Gasteiger partial charge in [0.2, 0.25) is 5.91 Å². The normalized spacial score (nSPS) is 12.2. The van der Waals surface area contributed by atoms with Crippen LogP contribution in [0.2, 0.25) is 0 Å². The van der Waals surface area contributed by atoms with Gasteiger partial charge in [0.15, 0.2) is 0 Å². The molecular formula is C13H18BrNO. The van der Waals surface area contributed by atoms with Gasteiger partial charge in [-0.05, 0) is 37.5 Å². The Kier molecular flexibility index (Phi) is 5.53. The monoisotopic (exact) mass is 283 g/mol. The molecule has 0 fully saturated rings. The number of amides is 1. The minimum absolute atomic E-state index is 0.0127. The van der Waals surface area contributed by atoms with Crippen LogP contribution in [-0.2, 0) is 11.2 Å². The number of alkyl halides is 1. The molecule has 1 aromatic rings. The lowest BCUT2D eigenvalue weighted by Gasteiger charge is -2.07. The summed E-state index contributed by atoms with van der Waals surface area (Å²) < 4.78 is 0. The molecule has 0 saturated carbocycles. The molecule has 16 heavy (non-hydrogen) atoms. The first-order valence-electron chi connectivity index (χ1n) is 5.67. The molecule has 0 bridgehead atoms. The smallest absolute Gasteiger partial charge is 0.237 e. The number of benzene rings is 1. The lowest BCUT2D eigenvalue weighted by atomic mass is 10.1. The Bertz CT molecular complexity index is 332. The summed E-state index contributed by atoms with van der Waals surface area (Å²) in [5.74, 6) is -0.0127. The Hall–Kier alpha value is -0.830. The second kappa shape index (κ2) is 6.69. The van der Waals surface area contributed by atoms with E-state index < -0.39 is 0 Å². The first-order valence-corrected chi connectivity index (χ1v) is 6.59. The molecule has 1 rings (SSSR count). The Morgan fingerprint density at radius 1 is 1.38 bits per heavy atom. The zero-order chi connectivity index (χ0) is 12.0. The summed E-state index contributed by atoms with van der Waals surface area (Å²) in [6, 6.07) is 8.06. The lowest BCUT2D eigenvalue weighted by Crippen LogP contribution is -2.19. The number of hydrogen-bond donors (Lipinski definition) is 1. The minimum Gasteiger partial charge on any atom is -0.325 e. The average Bonchev–Trinajstić information content (AvgIpc) is 2.28. The molecule has 0 heterocycles. The van der Waals surface area contributed by atoms with Crippen LogP contribution in [0.4, 0.5) is 5.69 Å². The van der Waals surface area contributed by atoms with Gasteiger partial charge in [0, 0.05) is 5.69 Å². The topological polar surface area (TPSA) is 29.1 Å².